The summed E-state index contributed by atoms with van der Waals surface area (Å²) >= 11 is 0. The van der Waals surface area contributed by atoms with Crippen molar-refractivity contribution in [1.82, 2.24) is 36.9 Å². The molecule has 0 aliphatic rings. The Morgan fingerprint density at radius 1 is 0.588 bits per heavy atom. The number of hydrogen-bond donors (Lipinski definition) is 8. The number of aromatic amines is 1. The van der Waals surface area contributed by atoms with E-state index in [4.69, 9.17) is 0 Å². The van der Waals surface area contributed by atoms with Gasteiger partial charge in [0, 0.05) is 36.4 Å². The van der Waals surface area contributed by atoms with Gasteiger partial charge in [-0.15, -0.1) is 0 Å². The summed E-state index contributed by atoms with van der Waals surface area (Å²) in [7, 11) is 0. The van der Waals surface area contributed by atoms with Gasteiger partial charge in [0.2, 0.25) is 35.4 Å². The zero-order valence-electron chi connectivity index (χ0n) is 40.1. The number of aromatic nitrogens is 1. The minimum absolute atomic E-state index is 0. The molecule has 8 atom stereocenters. The number of benzene rings is 3. The van der Waals surface area contributed by atoms with Gasteiger partial charge in [-0.05, 0) is 46.9 Å². The summed E-state index contributed by atoms with van der Waals surface area (Å²) in [5.74, 6) is -9.64. The molecule has 0 aliphatic heterocycles. The van der Waals surface area contributed by atoms with Crippen LogP contribution in [-0.2, 0) is 44.8 Å². The van der Waals surface area contributed by atoms with Crippen LogP contribution >= 0.6 is 0 Å². The van der Waals surface area contributed by atoms with E-state index in [0.29, 0.717) is 29.5 Å². The topological polar surface area (TPSA) is 268 Å². The second-order valence-corrected chi connectivity index (χ2v) is 17.5. The number of aliphatic carboxylic acids is 2. The Bertz CT molecular complexity index is 2300. The molecule has 8 unspecified atom stereocenters. The van der Waals surface area contributed by atoms with Crippen LogP contribution in [0.4, 0.5) is 0 Å². The standard InChI is InChI=1S/C50H65N7O10.Na/c1-8-29(5)42(47(63)55-39(50(66)67)25-34-27-51-36-23-17-16-22-35(34)36)57-48(64)43(30(6)9-2)56-46(62)38(26-40(59)60)53-45(61)37(24-28(3)4)54-49(65)44(52-31(7)58)41(32-18-12-10-13-19-32)33-20-14-11-15-21-33;/h10-23,27-30,37-39,41-44,51H,8-9,24-26H2,1-7H3,(H,52,58)(H,53,61)(H,54,65)(H,55,63)(H,56,62)(H,57,64)(H,59,60)(H,66,67);/q;+1/p-1. The van der Waals surface area contributed by atoms with Crippen molar-refractivity contribution in [3.05, 3.63) is 108 Å². The van der Waals surface area contributed by atoms with Crippen LogP contribution in [0, 0.1) is 17.8 Å². The molecular weight excluding hydrogens is 882 g/mol. The van der Waals surface area contributed by atoms with Crippen LogP contribution < -0.4 is 66.6 Å². The van der Waals surface area contributed by atoms with Gasteiger partial charge in [-0.1, -0.05) is 133 Å². The third-order valence-corrected chi connectivity index (χ3v) is 11.9. The van der Waals surface area contributed by atoms with Gasteiger partial charge in [0.15, 0.2) is 0 Å². The van der Waals surface area contributed by atoms with E-state index in [1.54, 1.807) is 78.1 Å². The van der Waals surface area contributed by atoms with Crippen molar-refractivity contribution >= 4 is 58.3 Å². The summed E-state index contributed by atoms with van der Waals surface area (Å²) < 4.78 is 0. The fraction of sp³-hybridized carbons (Fsp3) is 0.440. The monoisotopic (exact) mass is 945 g/mol. The first-order chi connectivity index (χ1) is 31.8. The largest absolute Gasteiger partial charge is 1.00 e. The van der Waals surface area contributed by atoms with Gasteiger partial charge in [-0.25, -0.2) is 0 Å². The van der Waals surface area contributed by atoms with Crippen LogP contribution in [0.15, 0.2) is 91.1 Å². The maximum absolute atomic E-state index is 14.3. The van der Waals surface area contributed by atoms with E-state index < -0.39 is 108 Å². The SMILES string of the molecule is CCC(C)C(NC(=O)C(CC(=O)O)NC(=O)C(CC(C)C)NC(=O)C(NC(C)=O)C(c1ccccc1)c1ccccc1)C(=O)NC(C(=O)NC(Cc1c[nH]c2ccccc12)C(=O)[O-])C(C)CC.[Na+]. The summed E-state index contributed by atoms with van der Waals surface area (Å²) in [5.41, 5.74) is 2.83. The first-order valence-electron chi connectivity index (χ1n) is 22.7. The number of para-hydroxylation sites is 1. The van der Waals surface area contributed by atoms with Crippen LogP contribution in [0.5, 0.6) is 0 Å². The van der Waals surface area contributed by atoms with Crippen LogP contribution in [0.2, 0.25) is 0 Å². The van der Waals surface area contributed by atoms with Gasteiger partial charge >= 0.3 is 35.5 Å². The molecule has 0 spiro atoms. The number of rotatable bonds is 25. The molecule has 4 rings (SSSR count). The van der Waals surface area contributed by atoms with E-state index in [9.17, 15) is 48.6 Å². The summed E-state index contributed by atoms with van der Waals surface area (Å²) in [5, 5.41) is 38.8. The van der Waals surface area contributed by atoms with Gasteiger partial charge in [-0.3, -0.25) is 33.6 Å². The molecule has 18 heteroatoms. The number of carbonyl (C=O) groups excluding carboxylic acids is 7. The van der Waals surface area contributed by atoms with Gasteiger partial charge in [0.05, 0.1) is 18.4 Å². The van der Waals surface area contributed by atoms with E-state index in [0.717, 1.165) is 10.9 Å². The molecule has 0 radical (unpaired) electrons. The maximum Gasteiger partial charge on any atom is 1.00 e. The molecule has 3 aromatic carbocycles. The van der Waals surface area contributed by atoms with Gasteiger partial charge in [-0.2, -0.15) is 0 Å². The fourth-order valence-electron chi connectivity index (χ4n) is 7.91. The summed E-state index contributed by atoms with van der Waals surface area (Å²) in [4.78, 5) is 111. The Hall–Kier alpha value is -6.04. The Labute approximate surface area is 419 Å². The van der Waals surface area contributed by atoms with Crippen molar-refractivity contribution in [2.45, 2.75) is 123 Å². The van der Waals surface area contributed by atoms with E-state index in [1.165, 1.54) is 6.92 Å². The predicted molar refractivity (Wildman–Crippen MR) is 250 cm³/mol. The van der Waals surface area contributed by atoms with Crippen LogP contribution in [0.1, 0.15) is 96.8 Å². The number of H-pyrrole nitrogens is 1. The number of nitrogens with one attached hydrogen (secondary N) is 7. The first kappa shape index (κ1) is 56.3. The molecule has 360 valence electrons. The Morgan fingerprint density at radius 2 is 1.04 bits per heavy atom. The quantitative estimate of drug-likeness (QED) is 0.0407. The van der Waals surface area contributed by atoms with Crippen molar-refractivity contribution in [2.75, 3.05) is 0 Å². The van der Waals surface area contributed by atoms with Crippen LogP contribution in [0.3, 0.4) is 0 Å². The van der Waals surface area contributed by atoms with Crippen molar-refractivity contribution in [3.63, 3.8) is 0 Å². The molecule has 17 nitrogen and oxygen atoms in total. The molecule has 4 aromatic rings. The number of fused-ring (bicyclic) bond motifs is 1. The van der Waals surface area contributed by atoms with Crippen molar-refractivity contribution in [3.8, 4) is 0 Å². The van der Waals surface area contributed by atoms with E-state index in [2.05, 4.69) is 36.9 Å². The number of carboxylic acid groups (broad SMARTS) is 2. The molecule has 0 fully saturated rings. The fourth-order valence-corrected chi connectivity index (χ4v) is 7.91. The summed E-state index contributed by atoms with van der Waals surface area (Å²) in [6, 6.07) is 17.1. The molecule has 6 amide bonds. The molecule has 68 heavy (non-hydrogen) atoms. The number of amides is 6. The van der Waals surface area contributed by atoms with Crippen molar-refractivity contribution in [1.29, 1.82) is 0 Å². The zero-order chi connectivity index (χ0) is 49.4. The predicted octanol–water partition coefficient (Wildman–Crippen LogP) is -0.162. The molecule has 8 N–H and O–H groups in total. The summed E-state index contributed by atoms with van der Waals surface area (Å²) in [6.45, 7) is 11.8. The minimum Gasteiger partial charge on any atom is -0.548 e. The second kappa shape index (κ2) is 27.1. The average molecular weight is 946 g/mol. The van der Waals surface area contributed by atoms with Crippen molar-refractivity contribution in [2.24, 2.45) is 17.8 Å². The van der Waals surface area contributed by atoms with E-state index in [1.807, 2.05) is 54.6 Å². The average Bonchev–Trinajstić information content (AvgIpc) is 3.70. The third kappa shape index (κ3) is 16.0. The van der Waals surface area contributed by atoms with Gasteiger partial charge in [0.1, 0.15) is 30.2 Å². The first-order valence-corrected chi connectivity index (χ1v) is 22.7. The van der Waals surface area contributed by atoms with Gasteiger partial charge < -0.3 is 51.9 Å². The summed E-state index contributed by atoms with van der Waals surface area (Å²) in [6.07, 6.45) is 1.44. The number of hydrogen-bond acceptors (Lipinski definition) is 9. The molecule has 0 saturated heterocycles. The molecule has 0 bridgehead atoms. The van der Waals surface area contributed by atoms with E-state index >= 15 is 0 Å². The van der Waals surface area contributed by atoms with Crippen LogP contribution in [0.25, 0.3) is 10.9 Å². The van der Waals surface area contributed by atoms with Gasteiger partial charge in [0.25, 0.3) is 0 Å². The molecule has 0 aliphatic carbocycles. The molecule has 0 saturated carbocycles. The Morgan fingerprint density at radius 3 is 1.54 bits per heavy atom. The number of carboxylic acids is 2. The minimum atomic E-state index is -1.73. The Balaban J connectivity index is 0.0000122. The second-order valence-electron chi connectivity index (χ2n) is 17.5. The molecular formula is C50H64N7NaO10. The van der Waals surface area contributed by atoms with Crippen LogP contribution in [-0.4, -0.2) is 93.7 Å². The normalized spacial score (nSPS) is 14.7. The van der Waals surface area contributed by atoms with E-state index in [-0.39, 0.29) is 48.3 Å². The van der Waals surface area contributed by atoms with Crippen molar-refractivity contribution < 1.29 is 78.1 Å². The Kier molecular flexibility index (Phi) is 22.4. The molecule has 1 heterocycles. The third-order valence-electron chi connectivity index (χ3n) is 11.9. The smallest absolute Gasteiger partial charge is 0.548 e. The maximum atomic E-state index is 14.3. The zero-order valence-corrected chi connectivity index (χ0v) is 42.1. The molecule has 1 aromatic heterocycles. The number of carbonyl (C=O) groups is 8.